The predicted molar refractivity (Wildman–Crippen MR) is 55.5 cm³/mol. The molecule has 0 aliphatic rings. The Morgan fingerprint density at radius 1 is 1.33 bits per heavy atom. The van der Waals surface area contributed by atoms with Crippen LogP contribution >= 0.6 is 0 Å². The van der Waals surface area contributed by atoms with Gasteiger partial charge in [-0.1, -0.05) is 20.8 Å². The molecular formula is C10H24N2. The Hall–Kier alpha value is -0.0800. The van der Waals surface area contributed by atoms with Gasteiger partial charge in [-0.05, 0) is 45.6 Å². The summed E-state index contributed by atoms with van der Waals surface area (Å²) in [6, 6.07) is 0. The van der Waals surface area contributed by atoms with Crippen LogP contribution in [0.2, 0.25) is 0 Å². The topological polar surface area (TPSA) is 15.3 Å². The molecule has 74 valence electrons. The molecule has 0 amide bonds. The highest BCUT2D eigenvalue weighted by Gasteiger charge is 1.94. The summed E-state index contributed by atoms with van der Waals surface area (Å²) in [5.74, 6) is 0.772. The van der Waals surface area contributed by atoms with Crippen molar-refractivity contribution in [1.29, 1.82) is 0 Å². The van der Waals surface area contributed by atoms with Crippen molar-refractivity contribution < 1.29 is 0 Å². The molecule has 0 aliphatic heterocycles. The van der Waals surface area contributed by atoms with Gasteiger partial charge in [0.2, 0.25) is 0 Å². The maximum atomic E-state index is 3.44. The molecule has 2 heteroatoms. The molecule has 0 aliphatic carbocycles. The lowest BCUT2D eigenvalue weighted by Crippen LogP contribution is -2.25. The normalized spacial score (nSPS) is 11.5. The van der Waals surface area contributed by atoms with Crippen LogP contribution in [0.15, 0.2) is 0 Å². The van der Waals surface area contributed by atoms with E-state index >= 15 is 0 Å². The second-order valence-electron chi connectivity index (χ2n) is 3.85. The van der Waals surface area contributed by atoms with Crippen molar-refractivity contribution >= 4 is 0 Å². The van der Waals surface area contributed by atoms with Gasteiger partial charge in [0, 0.05) is 0 Å². The first kappa shape index (κ1) is 11.9. The highest BCUT2D eigenvalue weighted by molar-refractivity contribution is 4.54. The molecule has 0 atom stereocenters. The van der Waals surface area contributed by atoms with Gasteiger partial charge in [-0.2, -0.15) is 0 Å². The molecule has 0 heterocycles. The summed E-state index contributed by atoms with van der Waals surface area (Å²) in [5.41, 5.74) is 0. The van der Waals surface area contributed by atoms with E-state index < -0.39 is 0 Å². The minimum Gasteiger partial charge on any atom is -0.316 e. The minimum absolute atomic E-state index is 0.772. The van der Waals surface area contributed by atoms with Crippen LogP contribution in [0, 0.1) is 5.92 Å². The number of hydrogen-bond acceptors (Lipinski definition) is 2. The Morgan fingerprint density at radius 2 is 2.00 bits per heavy atom. The number of nitrogens with one attached hydrogen (secondary N) is 1. The van der Waals surface area contributed by atoms with Crippen LogP contribution in [0.25, 0.3) is 0 Å². The smallest absolute Gasteiger partial charge is 0.000981 e. The fourth-order valence-corrected chi connectivity index (χ4v) is 1.02. The molecule has 0 radical (unpaired) electrons. The van der Waals surface area contributed by atoms with Crippen LogP contribution in [0.1, 0.15) is 27.2 Å². The maximum Gasteiger partial charge on any atom is -0.000981 e. The molecule has 0 aromatic heterocycles. The molecule has 0 saturated heterocycles. The molecule has 0 fully saturated rings. The van der Waals surface area contributed by atoms with Gasteiger partial charge in [-0.15, -0.1) is 0 Å². The van der Waals surface area contributed by atoms with E-state index in [1.165, 1.54) is 13.0 Å². The fraction of sp³-hybridized carbons (Fsp3) is 1.00. The molecule has 12 heavy (non-hydrogen) atoms. The molecule has 0 spiro atoms. The Balaban J connectivity index is 3.00. The first-order chi connectivity index (χ1) is 5.66. The molecule has 0 unspecified atom stereocenters. The zero-order chi connectivity index (χ0) is 9.40. The predicted octanol–water partition coefficient (Wildman–Crippen LogP) is 1.57. The summed E-state index contributed by atoms with van der Waals surface area (Å²) in [4.78, 5) is 2.34. The Bertz CT molecular complexity index is 91.8. The summed E-state index contributed by atoms with van der Waals surface area (Å²) in [6.45, 7) is 11.3. The van der Waals surface area contributed by atoms with E-state index in [-0.39, 0.29) is 0 Å². The summed E-state index contributed by atoms with van der Waals surface area (Å²) in [5, 5.41) is 3.44. The van der Waals surface area contributed by atoms with Crippen molar-refractivity contribution in [3.8, 4) is 0 Å². The van der Waals surface area contributed by atoms with E-state index in [1.807, 2.05) is 0 Å². The van der Waals surface area contributed by atoms with Crippen LogP contribution in [0.5, 0.6) is 0 Å². The van der Waals surface area contributed by atoms with Crippen molar-refractivity contribution in [2.24, 2.45) is 5.92 Å². The average molecular weight is 172 g/mol. The minimum atomic E-state index is 0.772. The molecule has 2 nitrogen and oxygen atoms in total. The lowest BCUT2D eigenvalue weighted by Gasteiger charge is -2.13. The van der Waals surface area contributed by atoms with Gasteiger partial charge in [0.25, 0.3) is 0 Å². The number of nitrogens with zero attached hydrogens (tertiary/aromatic N) is 1. The lowest BCUT2D eigenvalue weighted by molar-refractivity contribution is 0.342. The summed E-state index contributed by atoms with van der Waals surface area (Å²) >= 11 is 0. The van der Waals surface area contributed by atoms with Gasteiger partial charge < -0.3 is 10.2 Å². The first-order valence-electron chi connectivity index (χ1n) is 5.06. The van der Waals surface area contributed by atoms with E-state index in [1.54, 1.807) is 0 Å². The van der Waals surface area contributed by atoms with Crippen molar-refractivity contribution in [3.63, 3.8) is 0 Å². The lowest BCUT2D eigenvalue weighted by atomic mass is 10.2. The molecule has 1 N–H and O–H groups in total. The SMILES string of the molecule is CCN(C)CCCNCC(C)C. The first-order valence-corrected chi connectivity index (χ1v) is 5.06. The van der Waals surface area contributed by atoms with E-state index in [4.69, 9.17) is 0 Å². The van der Waals surface area contributed by atoms with E-state index in [0.717, 1.165) is 25.6 Å². The fourth-order valence-electron chi connectivity index (χ4n) is 1.02. The Morgan fingerprint density at radius 3 is 2.50 bits per heavy atom. The zero-order valence-electron chi connectivity index (χ0n) is 9.06. The molecule has 0 aromatic rings. The van der Waals surface area contributed by atoms with Gasteiger partial charge in [-0.3, -0.25) is 0 Å². The maximum absolute atomic E-state index is 3.44. The second-order valence-corrected chi connectivity index (χ2v) is 3.85. The van der Waals surface area contributed by atoms with Crippen LogP contribution in [0.4, 0.5) is 0 Å². The highest BCUT2D eigenvalue weighted by Crippen LogP contribution is 1.88. The molecule has 0 aromatic carbocycles. The average Bonchev–Trinajstić information content (AvgIpc) is 2.03. The molecule has 0 bridgehead atoms. The van der Waals surface area contributed by atoms with Crippen molar-refractivity contribution in [1.82, 2.24) is 10.2 Å². The van der Waals surface area contributed by atoms with Crippen molar-refractivity contribution in [2.75, 3.05) is 33.2 Å². The van der Waals surface area contributed by atoms with Crippen LogP contribution in [0.3, 0.4) is 0 Å². The summed E-state index contributed by atoms with van der Waals surface area (Å²) in [7, 11) is 2.17. The largest absolute Gasteiger partial charge is 0.316 e. The third-order valence-electron chi connectivity index (χ3n) is 1.99. The van der Waals surface area contributed by atoms with E-state index in [9.17, 15) is 0 Å². The third-order valence-corrected chi connectivity index (χ3v) is 1.99. The Labute approximate surface area is 77.3 Å². The zero-order valence-corrected chi connectivity index (χ0v) is 9.06. The molecular weight excluding hydrogens is 148 g/mol. The van der Waals surface area contributed by atoms with Crippen LogP contribution in [-0.2, 0) is 0 Å². The van der Waals surface area contributed by atoms with Crippen LogP contribution in [-0.4, -0.2) is 38.1 Å². The molecule has 0 saturated carbocycles. The van der Waals surface area contributed by atoms with Gasteiger partial charge in [0.05, 0.1) is 0 Å². The summed E-state index contributed by atoms with van der Waals surface area (Å²) in [6.07, 6.45) is 1.26. The monoisotopic (exact) mass is 172 g/mol. The quantitative estimate of drug-likeness (QED) is 0.586. The second kappa shape index (κ2) is 7.56. The third kappa shape index (κ3) is 8.02. The van der Waals surface area contributed by atoms with Crippen molar-refractivity contribution in [3.05, 3.63) is 0 Å². The highest BCUT2D eigenvalue weighted by atomic mass is 15.1. The Kier molecular flexibility index (Phi) is 7.51. The van der Waals surface area contributed by atoms with E-state index in [2.05, 4.69) is 38.0 Å². The number of hydrogen-bond donors (Lipinski definition) is 1. The standard InChI is InChI=1S/C10H24N2/c1-5-12(4)8-6-7-11-9-10(2)3/h10-11H,5-9H2,1-4H3. The van der Waals surface area contributed by atoms with E-state index in [0.29, 0.717) is 0 Å². The summed E-state index contributed by atoms with van der Waals surface area (Å²) < 4.78 is 0. The van der Waals surface area contributed by atoms with Gasteiger partial charge >= 0.3 is 0 Å². The van der Waals surface area contributed by atoms with Crippen molar-refractivity contribution in [2.45, 2.75) is 27.2 Å². The molecule has 0 rings (SSSR count). The van der Waals surface area contributed by atoms with Crippen LogP contribution < -0.4 is 5.32 Å². The number of rotatable bonds is 7. The van der Waals surface area contributed by atoms with Gasteiger partial charge in [-0.25, -0.2) is 0 Å². The van der Waals surface area contributed by atoms with Gasteiger partial charge in [0.15, 0.2) is 0 Å². The van der Waals surface area contributed by atoms with Gasteiger partial charge in [0.1, 0.15) is 0 Å².